The summed E-state index contributed by atoms with van der Waals surface area (Å²) in [6.07, 6.45) is -0.590. The number of nitrogens with one attached hydrogen (secondary N) is 1. The molecule has 1 aromatic carbocycles. The number of benzene rings is 1. The average molecular weight is 376 g/mol. The maximum Gasteiger partial charge on any atom is 0.311 e. The van der Waals surface area contributed by atoms with E-state index >= 15 is 0 Å². The number of hydrogen-bond acceptors (Lipinski definition) is 5. The van der Waals surface area contributed by atoms with Crippen molar-refractivity contribution in [3.05, 3.63) is 45.0 Å². The zero-order chi connectivity index (χ0) is 18.1. The molecule has 0 saturated carbocycles. The summed E-state index contributed by atoms with van der Waals surface area (Å²) in [7, 11) is 0. The number of hydrogen-bond donors (Lipinski definition) is 1. The molecule has 2 aromatic rings. The van der Waals surface area contributed by atoms with E-state index in [0.29, 0.717) is 31.3 Å². The third-order valence-corrected chi connectivity index (χ3v) is 5.81. The lowest BCUT2D eigenvalue weighted by Crippen LogP contribution is -3.14. The van der Waals surface area contributed by atoms with Crippen molar-refractivity contribution in [3.63, 3.8) is 0 Å². The number of aromatic nitrogens is 1. The van der Waals surface area contributed by atoms with Gasteiger partial charge in [0.2, 0.25) is 6.10 Å². The zero-order valence-corrected chi connectivity index (χ0v) is 15.5. The van der Waals surface area contributed by atoms with E-state index in [2.05, 4.69) is 0 Å². The molecule has 8 heteroatoms. The Bertz CT molecular complexity index is 854. The Balaban J connectivity index is 1.33. The molecule has 4 rings (SSSR count). The quantitative estimate of drug-likeness (QED) is 0.802. The number of piperazine rings is 1. The first-order valence-electron chi connectivity index (χ1n) is 8.77. The Morgan fingerprint density at radius 1 is 1.27 bits per heavy atom. The van der Waals surface area contributed by atoms with Crippen LogP contribution >= 0.6 is 11.3 Å². The van der Waals surface area contributed by atoms with Crippen LogP contribution in [0, 0.1) is 6.92 Å². The van der Waals surface area contributed by atoms with Crippen molar-refractivity contribution in [1.82, 2.24) is 9.47 Å². The summed E-state index contributed by atoms with van der Waals surface area (Å²) in [5, 5.41) is 1.89. The summed E-state index contributed by atoms with van der Waals surface area (Å²) in [6.45, 7) is 5.81. The van der Waals surface area contributed by atoms with E-state index in [9.17, 15) is 9.59 Å². The monoisotopic (exact) mass is 376 g/mol. The minimum atomic E-state index is -0.590. The molecule has 0 radical (unpaired) electrons. The minimum Gasteiger partial charge on any atom is -0.485 e. The third kappa shape index (κ3) is 3.34. The van der Waals surface area contributed by atoms with E-state index in [1.165, 1.54) is 16.2 Å². The molecule has 1 atom stereocenters. The largest absolute Gasteiger partial charge is 0.485 e. The average Bonchev–Trinajstić information content (AvgIpc) is 2.99. The van der Waals surface area contributed by atoms with Gasteiger partial charge in [-0.1, -0.05) is 23.5 Å². The fourth-order valence-corrected chi connectivity index (χ4v) is 4.10. The van der Waals surface area contributed by atoms with Gasteiger partial charge in [0, 0.05) is 11.1 Å². The van der Waals surface area contributed by atoms with Crippen molar-refractivity contribution in [2.45, 2.75) is 19.7 Å². The second-order valence-corrected chi connectivity index (χ2v) is 7.49. The van der Waals surface area contributed by atoms with Crippen LogP contribution in [0.4, 0.5) is 0 Å². The molecule has 138 valence electrons. The SMILES string of the molecule is Cc1csc(=O)n1C[NH+]1CCN(C(=O)[C@@H]2COc3ccccc3O2)CC1. The number of carbonyl (C=O) groups is 1. The van der Waals surface area contributed by atoms with Crippen molar-refractivity contribution < 1.29 is 19.2 Å². The Morgan fingerprint density at radius 2 is 2.00 bits per heavy atom. The maximum absolute atomic E-state index is 12.8. The molecular weight excluding hydrogens is 354 g/mol. The summed E-state index contributed by atoms with van der Waals surface area (Å²) < 4.78 is 13.3. The highest BCUT2D eigenvalue weighted by Crippen LogP contribution is 2.31. The number of thiazole rings is 1. The van der Waals surface area contributed by atoms with Crippen molar-refractivity contribution in [1.29, 1.82) is 0 Å². The predicted molar refractivity (Wildman–Crippen MR) is 96.9 cm³/mol. The molecule has 0 aliphatic carbocycles. The van der Waals surface area contributed by atoms with E-state index in [-0.39, 0.29) is 17.4 Å². The highest BCUT2D eigenvalue weighted by molar-refractivity contribution is 7.07. The van der Waals surface area contributed by atoms with Crippen LogP contribution in [-0.4, -0.2) is 54.3 Å². The van der Waals surface area contributed by atoms with E-state index in [1.807, 2.05) is 46.0 Å². The van der Waals surface area contributed by atoms with Crippen LogP contribution in [0.1, 0.15) is 5.69 Å². The molecule has 26 heavy (non-hydrogen) atoms. The van der Waals surface area contributed by atoms with Crippen LogP contribution in [0.2, 0.25) is 0 Å². The molecule has 1 fully saturated rings. The van der Waals surface area contributed by atoms with Gasteiger partial charge < -0.3 is 19.3 Å². The number of carbonyl (C=O) groups excluding carboxylic acids is 1. The van der Waals surface area contributed by atoms with E-state index < -0.39 is 6.10 Å². The summed E-state index contributed by atoms with van der Waals surface area (Å²) >= 11 is 1.24. The molecule has 1 saturated heterocycles. The summed E-state index contributed by atoms with van der Waals surface area (Å²) in [5.41, 5.74) is 0.998. The van der Waals surface area contributed by atoms with E-state index in [0.717, 1.165) is 18.8 Å². The second-order valence-electron chi connectivity index (χ2n) is 6.67. The lowest BCUT2D eigenvalue weighted by atomic mass is 10.2. The van der Waals surface area contributed by atoms with E-state index in [1.54, 1.807) is 0 Å². The maximum atomic E-state index is 12.8. The fraction of sp³-hybridized carbons (Fsp3) is 0.444. The Morgan fingerprint density at radius 3 is 2.69 bits per heavy atom. The Kier molecular flexibility index (Phi) is 4.69. The third-order valence-electron chi connectivity index (χ3n) is 4.92. The number of rotatable bonds is 3. The highest BCUT2D eigenvalue weighted by Gasteiger charge is 2.33. The summed E-state index contributed by atoms with van der Waals surface area (Å²) in [6, 6.07) is 7.41. The molecule has 1 aromatic heterocycles. The van der Waals surface area contributed by atoms with Crippen molar-refractivity contribution >= 4 is 17.2 Å². The minimum absolute atomic E-state index is 0.0255. The lowest BCUT2D eigenvalue weighted by Gasteiger charge is -2.35. The lowest BCUT2D eigenvalue weighted by molar-refractivity contribution is -0.926. The van der Waals surface area contributed by atoms with Gasteiger partial charge in [-0.2, -0.15) is 0 Å². The van der Waals surface area contributed by atoms with Gasteiger partial charge in [0.15, 0.2) is 18.2 Å². The number of ether oxygens (including phenoxy) is 2. The van der Waals surface area contributed by atoms with Gasteiger partial charge in [-0.25, -0.2) is 0 Å². The van der Waals surface area contributed by atoms with Gasteiger partial charge in [0.05, 0.1) is 26.2 Å². The van der Waals surface area contributed by atoms with Gasteiger partial charge in [-0.05, 0) is 19.1 Å². The first kappa shape index (κ1) is 17.1. The number of fused-ring (bicyclic) bond motifs is 1. The van der Waals surface area contributed by atoms with Gasteiger partial charge in [0.1, 0.15) is 6.61 Å². The number of quaternary nitrogens is 1. The Hall–Kier alpha value is -2.32. The molecule has 0 bridgehead atoms. The fourth-order valence-electron chi connectivity index (χ4n) is 3.37. The molecule has 2 aliphatic rings. The molecule has 2 aliphatic heterocycles. The summed E-state index contributed by atoms with van der Waals surface area (Å²) in [5.74, 6) is 1.28. The zero-order valence-electron chi connectivity index (χ0n) is 14.6. The first-order valence-corrected chi connectivity index (χ1v) is 9.65. The highest BCUT2D eigenvalue weighted by atomic mass is 32.1. The Labute approximate surface area is 155 Å². The number of amides is 1. The number of aryl methyl sites for hydroxylation is 1. The normalized spacial score (nSPS) is 20.2. The molecule has 0 spiro atoms. The summed E-state index contributed by atoms with van der Waals surface area (Å²) in [4.78, 5) is 27.9. The van der Waals surface area contributed by atoms with Crippen molar-refractivity contribution in [2.75, 3.05) is 32.8 Å². The predicted octanol–water partition coefficient (Wildman–Crippen LogP) is -0.257. The van der Waals surface area contributed by atoms with Gasteiger partial charge in [0.25, 0.3) is 5.91 Å². The molecule has 0 unspecified atom stereocenters. The molecule has 1 N–H and O–H groups in total. The molecule has 1 amide bonds. The van der Waals surface area contributed by atoms with Gasteiger partial charge in [-0.15, -0.1) is 0 Å². The van der Waals surface area contributed by atoms with Gasteiger partial charge in [-0.3, -0.25) is 14.2 Å². The number of para-hydroxylation sites is 2. The van der Waals surface area contributed by atoms with Crippen LogP contribution in [0.3, 0.4) is 0 Å². The second kappa shape index (κ2) is 7.13. The van der Waals surface area contributed by atoms with Crippen molar-refractivity contribution in [3.8, 4) is 11.5 Å². The van der Waals surface area contributed by atoms with Crippen LogP contribution in [-0.2, 0) is 11.5 Å². The molecule has 3 heterocycles. The van der Waals surface area contributed by atoms with Crippen LogP contribution in [0.15, 0.2) is 34.4 Å². The van der Waals surface area contributed by atoms with Gasteiger partial charge >= 0.3 is 4.87 Å². The van der Waals surface area contributed by atoms with E-state index in [4.69, 9.17) is 9.47 Å². The topological polar surface area (TPSA) is 65.2 Å². The van der Waals surface area contributed by atoms with Crippen molar-refractivity contribution in [2.24, 2.45) is 0 Å². The van der Waals surface area contributed by atoms with Crippen LogP contribution in [0.25, 0.3) is 0 Å². The smallest absolute Gasteiger partial charge is 0.311 e. The molecular formula is C18H22N3O4S+. The standard InChI is InChI=1S/C18H21N3O4S/c1-13-11-26-18(23)21(13)12-19-6-8-20(9-7-19)17(22)16-10-24-14-4-2-3-5-15(14)25-16/h2-5,11,16H,6-10,12H2,1H3/p+1/t16-/m0/s1. The van der Waals surface area contributed by atoms with Crippen LogP contribution < -0.4 is 19.2 Å². The number of nitrogens with zero attached hydrogens (tertiary/aromatic N) is 2. The van der Waals surface area contributed by atoms with Crippen LogP contribution in [0.5, 0.6) is 11.5 Å². The molecule has 7 nitrogen and oxygen atoms in total. The first-order chi connectivity index (χ1) is 12.6.